The Bertz CT molecular complexity index is 678. The number of aromatic nitrogens is 1. The maximum absolute atomic E-state index is 11.0. The van der Waals surface area contributed by atoms with Crippen LogP contribution >= 0.6 is 11.6 Å². The lowest BCUT2D eigenvalue weighted by Gasteiger charge is -2.07. The summed E-state index contributed by atoms with van der Waals surface area (Å²) in [6.07, 6.45) is 0. The summed E-state index contributed by atoms with van der Waals surface area (Å²) in [7, 11) is 1.56. The molecular weight excluding hydrogens is 272 g/mol. The maximum Gasteiger partial charge on any atom is 0.352 e. The Kier molecular flexibility index (Phi) is 3.26. The predicted octanol–water partition coefficient (Wildman–Crippen LogP) is 2.95. The second kappa shape index (κ2) is 4.74. The number of hydrogen-bond donors (Lipinski definition) is 1. The predicted molar refractivity (Wildman–Crippen MR) is 69.5 cm³/mol. The molecule has 0 atom stereocenters. The molecule has 19 heavy (non-hydrogen) atoms. The molecular formula is C12H9ClN2O4. The lowest BCUT2D eigenvalue weighted by Crippen LogP contribution is -2.05. The summed E-state index contributed by atoms with van der Waals surface area (Å²) < 4.78 is 1.42. The molecule has 0 aliphatic carbocycles. The van der Waals surface area contributed by atoms with E-state index in [4.69, 9.17) is 16.7 Å². The summed E-state index contributed by atoms with van der Waals surface area (Å²) in [5.41, 5.74) is 0.909. The van der Waals surface area contributed by atoms with E-state index in [2.05, 4.69) is 0 Å². The number of carboxylic acid groups (broad SMARTS) is 1. The zero-order valence-corrected chi connectivity index (χ0v) is 10.6. The molecule has 0 radical (unpaired) electrons. The smallest absolute Gasteiger partial charge is 0.352 e. The van der Waals surface area contributed by atoms with Gasteiger partial charge >= 0.3 is 5.97 Å². The Morgan fingerprint density at radius 3 is 2.58 bits per heavy atom. The third-order valence-electron chi connectivity index (χ3n) is 2.78. The largest absolute Gasteiger partial charge is 0.477 e. The number of halogens is 1. The highest BCUT2D eigenvalue weighted by atomic mass is 35.5. The van der Waals surface area contributed by atoms with Crippen LogP contribution in [0.5, 0.6) is 0 Å². The topological polar surface area (TPSA) is 85.4 Å². The molecule has 0 fully saturated rings. The van der Waals surface area contributed by atoms with Gasteiger partial charge in [-0.3, -0.25) is 10.1 Å². The monoisotopic (exact) mass is 280 g/mol. The van der Waals surface area contributed by atoms with Gasteiger partial charge in [0.2, 0.25) is 0 Å². The molecule has 0 aliphatic rings. The minimum absolute atomic E-state index is 0.0811. The Morgan fingerprint density at radius 1 is 1.37 bits per heavy atom. The fraction of sp³-hybridized carbons (Fsp3) is 0.0833. The first-order chi connectivity index (χ1) is 8.91. The quantitative estimate of drug-likeness (QED) is 0.692. The van der Waals surface area contributed by atoms with Gasteiger partial charge in [-0.2, -0.15) is 0 Å². The number of nitro groups is 1. The first-order valence-corrected chi connectivity index (χ1v) is 5.63. The Balaban J connectivity index is 2.61. The molecule has 1 aromatic heterocycles. The number of carboxylic acids is 1. The summed E-state index contributed by atoms with van der Waals surface area (Å²) in [6, 6.07) is 7.03. The van der Waals surface area contributed by atoms with Crippen LogP contribution in [0, 0.1) is 10.1 Å². The first kappa shape index (κ1) is 13.1. The molecule has 0 amide bonds. The van der Waals surface area contributed by atoms with Crippen LogP contribution in [0.4, 0.5) is 5.69 Å². The Hall–Kier alpha value is -2.34. The van der Waals surface area contributed by atoms with Gasteiger partial charge in [-0.05, 0) is 18.2 Å². The Morgan fingerprint density at radius 2 is 2.05 bits per heavy atom. The second-order valence-corrected chi connectivity index (χ2v) is 4.30. The van der Waals surface area contributed by atoms with Gasteiger partial charge in [0, 0.05) is 24.7 Å². The molecule has 2 aromatic rings. The van der Waals surface area contributed by atoms with Crippen molar-refractivity contribution in [3.05, 3.63) is 51.2 Å². The van der Waals surface area contributed by atoms with Crippen LogP contribution in [-0.2, 0) is 7.05 Å². The number of nitrogens with zero attached hydrogens (tertiary/aromatic N) is 2. The summed E-state index contributed by atoms with van der Waals surface area (Å²) in [5, 5.41) is 20.1. The third kappa shape index (κ3) is 2.30. The van der Waals surface area contributed by atoms with Crippen LogP contribution in [0.2, 0.25) is 5.02 Å². The number of carbonyl (C=O) groups is 1. The molecule has 0 saturated carbocycles. The van der Waals surface area contributed by atoms with Gasteiger partial charge in [-0.1, -0.05) is 11.6 Å². The van der Waals surface area contributed by atoms with Gasteiger partial charge in [0.25, 0.3) is 5.69 Å². The second-order valence-electron chi connectivity index (χ2n) is 3.89. The van der Waals surface area contributed by atoms with E-state index in [0.29, 0.717) is 16.3 Å². The molecule has 98 valence electrons. The molecule has 0 unspecified atom stereocenters. The number of rotatable bonds is 3. The molecule has 0 bridgehead atoms. The van der Waals surface area contributed by atoms with Crippen molar-refractivity contribution in [1.82, 2.24) is 4.57 Å². The van der Waals surface area contributed by atoms with Crippen molar-refractivity contribution in [3.8, 4) is 11.3 Å². The molecule has 0 aliphatic heterocycles. The third-order valence-corrected chi connectivity index (χ3v) is 3.11. The summed E-state index contributed by atoms with van der Waals surface area (Å²) in [4.78, 5) is 21.2. The van der Waals surface area contributed by atoms with E-state index >= 15 is 0 Å². The van der Waals surface area contributed by atoms with Gasteiger partial charge in [0.15, 0.2) is 0 Å². The number of benzene rings is 1. The molecule has 2 rings (SSSR count). The van der Waals surface area contributed by atoms with Crippen LogP contribution < -0.4 is 0 Å². The van der Waals surface area contributed by atoms with Gasteiger partial charge < -0.3 is 9.67 Å². The molecule has 1 heterocycles. The summed E-state index contributed by atoms with van der Waals surface area (Å²) in [5.74, 6) is -1.07. The normalized spacial score (nSPS) is 10.4. The summed E-state index contributed by atoms with van der Waals surface area (Å²) in [6.45, 7) is 0. The number of non-ortho nitro benzene ring substituents is 1. The van der Waals surface area contributed by atoms with Crippen LogP contribution in [0.1, 0.15) is 10.5 Å². The Labute approximate surface area is 113 Å². The van der Waals surface area contributed by atoms with E-state index in [9.17, 15) is 14.9 Å². The lowest BCUT2D eigenvalue weighted by molar-refractivity contribution is -0.384. The minimum Gasteiger partial charge on any atom is -0.477 e. The average Bonchev–Trinajstić information content (AvgIpc) is 2.71. The first-order valence-electron chi connectivity index (χ1n) is 5.25. The fourth-order valence-electron chi connectivity index (χ4n) is 1.82. The van der Waals surface area contributed by atoms with E-state index in [0.717, 1.165) is 0 Å². The van der Waals surface area contributed by atoms with Crippen molar-refractivity contribution in [1.29, 1.82) is 0 Å². The van der Waals surface area contributed by atoms with E-state index < -0.39 is 10.9 Å². The molecule has 0 saturated heterocycles. The zero-order valence-electron chi connectivity index (χ0n) is 9.83. The molecule has 0 spiro atoms. The fourth-order valence-corrected chi connectivity index (χ4v) is 2.03. The number of hydrogen-bond acceptors (Lipinski definition) is 3. The van der Waals surface area contributed by atoms with Gasteiger partial charge in [-0.25, -0.2) is 4.79 Å². The van der Waals surface area contributed by atoms with Crippen LogP contribution in [-0.4, -0.2) is 20.6 Å². The zero-order chi connectivity index (χ0) is 14.2. The highest BCUT2D eigenvalue weighted by Crippen LogP contribution is 2.32. The lowest BCUT2D eigenvalue weighted by atomic mass is 10.1. The van der Waals surface area contributed by atoms with E-state index in [1.165, 1.54) is 28.8 Å². The molecule has 1 N–H and O–H groups in total. The van der Waals surface area contributed by atoms with Crippen LogP contribution in [0.25, 0.3) is 11.3 Å². The number of aromatic carboxylic acids is 1. The standard InChI is InChI=1S/C12H9ClN2O4/c1-14-10(4-5-11(14)12(16)17)8-6-7(15(18)19)2-3-9(8)13/h2-6H,1H3,(H,16,17). The summed E-state index contributed by atoms with van der Waals surface area (Å²) >= 11 is 6.01. The van der Waals surface area contributed by atoms with Gasteiger partial charge in [0.05, 0.1) is 15.6 Å². The SMILES string of the molecule is Cn1c(C(=O)O)ccc1-c1cc([N+](=O)[O-])ccc1Cl. The highest BCUT2D eigenvalue weighted by molar-refractivity contribution is 6.33. The van der Waals surface area contributed by atoms with Gasteiger partial charge in [0.1, 0.15) is 5.69 Å². The van der Waals surface area contributed by atoms with Crippen molar-refractivity contribution >= 4 is 23.3 Å². The van der Waals surface area contributed by atoms with Crippen molar-refractivity contribution in [2.75, 3.05) is 0 Å². The van der Waals surface area contributed by atoms with E-state index in [1.54, 1.807) is 13.1 Å². The van der Waals surface area contributed by atoms with Crippen molar-refractivity contribution in [3.63, 3.8) is 0 Å². The minimum atomic E-state index is -1.07. The van der Waals surface area contributed by atoms with E-state index in [-0.39, 0.29) is 11.4 Å². The highest BCUT2D eigenvalue weighted by Gasteiger charge is 2.17. The van der Waals surface area contributed by atoms with Crippen molar-refractivity contribution in [2.45, 2.75) is 0 Å². The molecule has 6 nitrogen and oxygen atoms in total. The van der Waals surface area contributed by atoms with E-state index in [1.807, 2.05) is 0 Å². The maximum atomic E-state index is 11.0. The molecule has 1 aromatic carbocycles. The number of nitro benzene ring substituents is 1. The van der Waals surface area contributed by atoms with Crippen molar-refractivity contribution in [2.24, 2.45) is 7.05 Å². The average molecular weight is 281 g/mol. The van der Waals surface area contributed by atoms with Crippen LogP contribution in [0.15, 0.2) is 30.3 Å². The van der Waals surface area contributed by atoms with Gasteiger partial charge in [-0.15, -0.1) is 0 Å². The van der Waals surface area contributed by atoms with Crippen LogP contribution in [0.3, 0.4) is 0 Å². The molecule has 7 heteroatoms. The van der Waals surface area contributed by atoms with Crippen molar-refractivity contribution < 1.29 is 14.8 Å².